The van der Waals surface area contributed by atoms with Gasteiger partial charge in [0.2, 0.25) is 0 Å². The quantitative estimate of drug-likeness (QED) is 0.674. The van der Waals surface area contributed by atoms with Gasteiger partial charge in [-0.1, -0.05) is 0 Å². The molecule has 0 amide bonds. The second-order valence-electron chi connectivity index (χ2n) is 4.30. The van der Waals surface area contributed by atoms with Gasteiger partial charge in [-0.25, -0.2) is 9.97 Å². The van der Waals surface area contributed by atoms with Crippen LogP contribution < -0.4 is 4.90 Å². The molecule has 0 fully saturated rings. The first kappa shape index (κ1) is 9.58. The zero-order valence-corrected chi connectivity index (χ0v) is 9.61. The van der Waals surface area contributed by atoms with Crippen LogP contribution >= 0.6 is 0 Å². The van der Waals surface area contributed by atoms with Crippen LogP contribution in [-0.4, -0.2) is 36.5 Å². The monoisotopic (exact) mass is 241 g/mol. The number of nitrogens with zero attached hydrogens (tertiary/aromatic N) is 6. The molecule has 0 unspecified atom stereocenters. The molecule has 0 saturated heterocycles. The highest BCUT2D eigenvalue weighted by molar-refractivity contribution is 5.86. The molecular formula is C11H11N7. The largest absolute Gasteiger partial charge is 0.348 e. The van der Waals surface area contributed by atoms with E-state index >= 15 is 0 Å². The summed E-state index contributed by atoms with van der Waals surface area (Å²) in [6.07, 6.45) is 5.19. The Balaban J connectivity index is 1.78. The summed E-state index contributed by atoms with van der Waals surface area (Å²) in [5, 5.41) is 12.1. The molecule has 7 heteroatoms. The molecule has 90 valence electrons. The van der Waals surface area contributed by atoms with Crippen molar-refractivity contribution in [3.8, 4) is 0 Å². The van der Waals surface area contributed by atoms with Crippen molar-refractivity contribution in [2.45, 2.75) is 13.1 Å². The zero-order valence-electron chi connectivity index (χ0n) is 9.61. The average Bonchev–Trinajstić information content (AvgIpc) is 3.05. The molecule has 7 nitrogen and oxygen atoms in total. The van der Waals surface area contributed by atoms with Crippen molar-refractivity contribution in [2.24, 2.45) is 0 Å². The van der Waals surface area contributed by atoms with Gasteiger partial charge in [0.25, 0.3) is 0 Å². The molecule has 0 radical (unpaired) electrons. The molecule has 1 aliphatic heterocycles. The Kier molecular flexibility index (Phi) is 1.88. The SMILES string of the molecule is c1nc(N2CCn3nccc3C2)c2cn[nH]c2n1. The van der Waals surface area contributed by atoms with E-state index in [9.17, 15) is 0 Å². The first-order chi connectivity index (χ1) is 8.92. The smallest absolute Gasteiger partial charge is 0.160 e. The lowest BCUT2D eigenvalue weighted by atomic mass is 10.2. The molecule has 0 aromatic carbocycles. The third kappa shape index (κ3) is 1.30. The van der Waals surface area contributed by atoms with Gasteiger partial charge in [-0.3, -0.25) is 9.78 Å². The molecular weight excluding hydrogens is 230 g/mol. The molecule has 4 rings (SSSR count). The number of rotatable bonds is 1. The summed E-state index contributed by atoms with van der Waals surface area (Å²) in [6.45, 7) is 2.59. The van der Waals surface area contributed by atoms with Crippen LogP contribution in [-0.2, 0) is 13.1 Å². The Bertz CT molecular complexity index is 698. The lowest BCUT2D eigenvalue weighted by Crippen LogP contribution is -2.34. The van der Waals surface area contributed by atoms with Gasteiger partial charge in [-0.2, -0.15) is 10.2 Å². The minimum Gasteiger partial charge on any atom is -0.348 e. The predicted octanol–water partition coefficient (Wildman–Crippen LogP) is 0.570. The molecule has 0 saturated carbocycles. The van der Waals surface area contributed by atoms with Crippen LogP contribution in [0.2, 0.25) is 0 Å². The Morgan fingerprint density at radius 3 is 3.22 bits per heavy atom. The van der Waals surface area contributed by atoms with Gasteiger partial charge >= 0.3 is 0 Å². The number of nitrogens with one attached hydrogen (secondary N) is 1. The highest BCUT2D eigenvalue weighted by atomic mass is 15.3. The molecule has 3 aromatic heterocycles. The van der Waals surface area contributed by atoms with Gasteiger partial charge in [0.1, 0.15) is 12.1 Å². The maximum Gasteiger partial charge on any atom is 0.160 e. The highest BCUT2D eigenvalue weighted by Gasteiger charge is 2.19. The molecule has 3 aromatic rings. The van der Waals surface area contributed by atoms with E-state index in [4.69, 9.17) is 0 Å². The van der Waals surface area contributed by atoms with Crippen LogP contribution in [0.1, 0.15) is 5.69 Å². The fraction of sp³-hybridized carbons (Fsp3) is 0.273. The van der Waals surface area contributed by atoms with Gasteiger partial charge in [-0.15, -0.1) is 0 Å². The third-order valence-electron chi connectivity index (χ3n) is 3.27. The first-order valence-electron chi connectivity index (χ1n) is 5.81. The number of anilines is 1. The van der Waals surface area contributed by atoms with Gasteiger partial charge in [0.15, 0.2) is 5.65 Å². The second kappa shape index (κ2) is 3.52. The minimum atomic E-state index is 0.777. The summed E-state index contributed by atoms with van der Waals surface area (Å²) >= 11 is 0. The number of fused-ring (bicyclic) bond motifs is 2. The minimum absolute atomic E-state index is 0.777. The lowest BCUT2D eigenvalue weighted by Gasteiger charge is -2.28. The van der Waals surface area contributed by atoms with Gasteiger partial charge in [0.05, 0.1) is 30.4 Å². The van der Waals surface area contributed by atoms with E-state index in [1.807, 2.05) is 16.9 Å². The lowest BCUT2D eigenvalue weighted by molar-refractivity contribution is 0.518. The van der Waals surface area contributed by atoms with Crippen molar-refractivity contribution in [1.29, 1.82) is 0 Å². The summed E-state index contributed by atoms with van der Waals surface area (Å²) in [4.78, 5) is 10.8. The Morgan fingerprint density at radius 2 is 2.22 bits per heavy atom. The summed E-state index contributed by atoms with van der Waals surface area (Å²) in [5.41, 5.74) is 1.98. The van der Waals surface area contributed by atoms with Crippen LogP contribution in [0.4, 0.5) is 5.82 Å². The van der Waals surface area contributed by atoms with Crippen molar-refractivity contribution >= 4 is 16.9 Å². The van der Waals surface area contributed by atoms with Crippen LogP contribution in [0.5, 0.6) is 0 Å². The number of H-pyrrole nitrogens is 1. The number of hydrogen-bond donors (Lipinski definition) is 1. The molecule has 1 aliphatic rings. The second-order valence-corrected chi connectivity index (χ2v) is 4.30. The van der Waals surface area contributed by atoms with Crippen LogP contribution in [0.3, 0.4) is 0 Å². The predicted molar refractivity (Wildman–Crippen MR) is 65.0 cm³/mol. The maximum atomic E-state index is 4.39. The van der Waals surface area contributed by atoms with Gasteiger partial charge in [0, 0.05) is 12.7 Å². The van der Waals surface area contributed by atoms with E-state index in [-0.39, 0.29) is 0 Å². The van der Waals surface area contributed by atoms with Crippen LogP contribution in [0, 0.1) is 0 Å². The summed E-state index contributed by atoms with van der Waals surface area (Å²) in [7, 11) is 0. The molecule has 4 heterocycles. The van der Waals surface area contributed by atoms with E-state index in [0.717, 1.165) is 36.5 Å². The highest BCUT2D eigenvalue weighted by Crippen LogP contribution is 2.24. The summed E-state index contributed by atoms with van der Waals surface area (Å²) < 4.78 is 2.03. The fourth-order valence-electron chi connectivity index (χ4n) is 2.37. The van der Waals surface area contributed by atoms with Gasteiger partial charge < -0.3 is 4.90 Å². The normalized spacial score (nSPS) is 15.0. The van der Waals surface area contributed by atoms with Crippen molar-refractivity contribution in [1.82, 2.24) is 29.9 Å². The van der Waals surface area contributed by atoms with Crippen LogP contribution in [0.15, 0.2) is 24.8 Å². The molecule has 0 atom stereocenters. The van der Waals surface area contributed by atoms with Crippen molar-refractivity contribution in [2.75, 3.05) is 11.4 Å². The third-order valence-corrected chi connectivity index (χ3v) is 3.27. The van der Waals surface area contributed by atoms with E-state index in [1.54, 1.807) is 12.5 Å². The van der Waals surface area contributed by atoms with Gasteiger partial charge in [-0.05, 0) is 6.07 Å². The average molecular weight is 241 g/mol. The molecule has 1 N–H and O–H groups in total. The van der Waals surface area contributed by atoms with Crippen molar-refractivity contribution < 1.29 is 0 Å². The molecule has 18 heavy (non-hydrogen) atoms. The van der Waals surface area contributed by atoms with E-state index < -0.39 is 0 Å². The van der Waals surface area contributed by atoms with E-state index in [0.29, 0.717) is 0 Å². The standard InChI is InChI=1S/C11H11N7/c1-2-15-18-4-3-17(6-8(1)18)11-9-5-14-16-10(9)12-7-13-11/h1-2,5,7H,3-4,6H2,(H,12,13,14,16). The molecule has 0 aliphatic carbocycles. The Labute approximate surface area is 102 Å². The molecule has 0 bridgehead atoms. The molecule has 0 spiro atoms. The fourth-order valence-corrected chi connectivity index (χ4v) is 2.37. The summed E-state index contributed by atoms with van der Waals surface area (Å²) in [5.74, 6) is 0.932. The number of aromatic nitrogens is 6. The van der Waals surface area contributed by atoms with E-state index in [1.165, 1.54) is 5.69 Å². The van der Waals surface area contributed by atoms with E-state index in [2.05, 4.69) is 30.2 Å². The van der Waals surface area contributed by atoms with Crippen molar-refractivity contribution in [3.63, 3.8) is 0 Å². The Morgan fingerprint density at radius 1 is 1.22 bits per heavy atom. The Hall–Kier alpha value is -2.44. The summed E-state index contributed by atoms with van der Waals surface area (Å²) in [6, 6.07) is 2.04. The maximum absolute atomic E-state index is 4.39. The number of aromatic amines is 1. The zero-order chi connectivity index (χ0) is 11.9. The van der Waals surface area contributed by atoms with Crippen molar-refractivity contribution in [3.05, 3.63) is 30.5 Å². The number of hydrogen-bond acceptors (Lipinski definition) is 5. The topological polar surface area (TPSA) is 75.5 Å². The van der Waals surface area contributed by atoms with Crippen LogP contribution in [0.25, 0.3) is 11.0 Å². The first-order valence-corrected chi connectivity index (χ1v) is 5.81.